The molecule has 0 heterocycles. The van der Waals surface area contributed by atoms with Gasteiger partial charge in [-0.25, -0.2) is 5.43 Å². The molecular weight excluding hydrogens is 345 g/mol. The minimum absolute atomic E-state index is 0.137. The Hall–Kier alpha value is -2.04. The summed E-state index contributed by atoms with van der Waals surface area (Å²) in [4.78, 5) is 11.7. The van der Waals surface area contributed by atoms with Gasteiger partial charge in [-0.15, -0.1) is 0 Å². The Bertz CT molecular complexity index is 715. The number of hydrazone groups is 1. The van der Waals surface area contributed by atoms with Crippen LogP contribution in [0.3, 0.4) is 0 Å². The van der Waals surface area contributed by atoms with Crippen LogP contribution in [0.1, 0.15) is 24.0 Å². The molecule has 6 heteroatoms. The molecule has 0 bridgehead atoms. The molecule has 0 spiro atoms. The lowest BCUT2D eigenvalue weighted by Crippen LogP contribution is -2.18. The van der Waals surface area contributed by atoms with Crippen LogP contribution >= 0.6 is 23.2 Å². The summed E-state index contributed by atoms with van der Waals surface area (Å²) in [5, 5.41) is 8.23. The normalized spacial score (nSPS) is 10.8. The van der Waals surface area contributed by atoms with Crippen LogP contribution in [0.15, 0.2) is 47.6 Å². The molecule has 24 heavy (non-hydrogen) atoms. The summed E-state index contributed by atoms with van der Waals surface area (Å²) in [7, 11) is 0. The van der Waals surface area contributed by atoms with Crippen molar-refractivity contribution >= 4 is 41.0 Å². The van der Waals surface area contributed by atoms with Crippen molar-refractivity contribution in [3.63, 3.8) is 0 Å². The summed E-state index contributed by atoms with van der Waals surface area (Å²) in [5.74, 6) is -0.137. The SMILES string of the molecule is Cc1ccc(NCCCC(=O)N/N=C\c2ccc(Cl)cc2Cl)cc1. The molecule has 4 nitrogen and oxygen atoms in total. The minimum atomic E-state index is -0.137. The molecule has 2 N–H and O–H groups in total. The quantitative estimate of drug-likeness (QED) is 0.427. The number of anilines is 1. The van der Waals surface area contributed by atoms with E-state index in [4.69, 9.17) is 23.2 Å². The second-order valence-electron chi connectivity index (χ2n) is 5.36. The molecule has 2 aromatic rings. The first kappa shape index (κ1) is 18.3. The van der Waals surface area contributed by atoms with Gasteiger partial charge in [0.05, 0.1) is 11.2 Å². The highest BCUT2D eigenvalue weighted by Crippen LogP contribution is 2.19. The predicted molar refractivity (Wildman–Crippen MR) is 101 cm³/mol. The van der Waals surface area contributed by atoms with Crippen molar-refractivity contribution in [2.75, 3.05) is 11.9 Å². The Morgan fingerprint density at radius 2 is 1.92 bits per heavy atom. The average Bonchev–Trinajstić information content (AvgIpc) is 2.55. The van der Waals surface area contributed by atoms with Crippen LogP contribution in [0.5, 0.6) is 0 Å². The number of nitrogens with zero attached hydrogens (tertiary/aromatic N) is 1. The lowest BCUT2D eigenvalue weighted by molar-refractivity contribution is -0.121. The molecule has 0 unspecified atom stereocenters. The standard InChI is InChI=1S/C18H19Cl2N3O/c1-13-4-8-16(9-5-13)21-10-2-3-18(24)23-22-12-14-6-7-15(19)11-17(14)20/h4-9,11-12,21H,2-3,10H2,1H3,(H,23,24)/b22-12-. The Morgan fingerprint density at radius 3 is 2.62 bits per heavy atom. The summed E-state index contributed by atoms with van der Waals surface area (Å²) in [5.41, 5.74) is 5.46. The molecule has 0 aliphatic heterocycles. The molecule has 0 aliphatic carbocycles. The third kappa shape index (κ3) is 6.22. The molecule has 1 amide bonds. The molecule has 0 saturated carbocycles. The van der Waals surface area contributed by atoms with E-state index in [1.54, 1.807) is 18.2 Å². The van der Waals surface area contributed by atoms with Crippen LogP contribution in [0.25, 0.3) is 0 Å². The fraction of sp³-hybridized carbons (Fsp3) is 0.222. The van der Waals surface area contributed by atoms with Gasteiger partial charge >= 0.3 is 0 Å². The molecule has 0 fully saturated rings. The Kier molecular flexibility index (Phi) is 7.09. The zero-order valence-corrected chi connectivity index (χ0v) is 14.9. The molecule has 0 aromatic heterocycles. The van der Waals surface area contributed by atoms with Gasteiger partial charge in [0.25, 0.3) is 0 Å². The maximum absolute atomic E-state index is 11.7. The lowest BCUT2D eigenvalue weighted by Gasteiger charge is -2.06. The van der Waals surface area contributed by atoms with E-state index < -0.39 is 0 Å². The lowest BCUT2D eigenvalue weighted by atomic mass is 10.2. The van der Waals surface area contributed by atoms with E-state index in [2.05, 4.69) is 15.8 Å². The fourth-order valence-corrected chi connectivity index (χ4v) is 2.45. The first-order valence-electron chi connectivity index (χ1n) is 7.62. The van der Waals surface area contributed by atoms with E-state index in [0.717, 1.165) is 18.7 Å². The Labute approximate surface area is 151 Å². The predicted octanol–water partition coefficient (Wildman–Crippen LogP) is 4.64. The summed E-state index contributed by atoms with van der Waals surface area (Å²) in [6.07, 6.45) is 2.61. The van der Waals surface area contributed by atoms with Gasteiger partial charge in [-0.05, 0) is 37.6 Å². The molecule has 2 rings (SSSR count). The van der Waals surface area contributed by atoms with Crippen molar-refractivity contribution in [3.05, 3.63) is 63.6 Å². The first-order chi connectivity index (χ1) is 11.5. The van der Waals surface area contributed by atoms with Gasteiger partial charge in [0, 0.05) is 29.2 Å². The fourth-order valence-electron chi connectivity index (χ4n) is 1.99. The van der Waals surface area contributed by atoms with Crippen molar-refractivity contribution in [3.8, 4) is 0 Å². The van der Waals surface area contributed by atoms with Gasteiger partial charge in [-0.2, -0.15) is 5.10 Å². The number of hydrogen-bond donors (Lipinski definition) is 2. The van der Waals surface area contributed by atoms with E-state index in [0.29, 0.717) is 22.0 Å². The largest absolute Gasteiger partial charge is 0.385 e. The molecule has 2 aromatic carbocycles. The third-order valence-electron chi connectivity index (χ3n) is 3.32. The van der Waals surface area contributed by atoms with Crippen molar-refractivity contribution in [2.45, 2.75) is 19.8 Å². The van der Waals surface area contributed by atoms with E-state index >= 15 is 0 Å². The Morgan fingerprint density at radius 1 is 1.17 bits per heavy atom. The Balaban J connectivity index is 1.67. The van der Waals surface area contributed by atoms with Crippen molar-refractivity contribution in [1.82, 2.24) is 5.43 Å². The molecular formula is C18H19Cl2N3O. The minimum Gasteiger partial charge on any atom is -0.385 e. The zero-order chi connectivity index (χ0) is 17.4. The number of carbonyl (C=O) groups is 1. The van der Waals surface area contributed by atoms with Gasteiger partial charge in [0.1, 0.15) is 0 Å². The van der Waals surface area contributed by atoms with E-state index in [9.17, 15) is 4.79 Å². The molecule has 0 atom stereocenters. The third-order valence-corrected chi connectivity index (χ3v) is 3.88. The van der Waals surface area contributed by atoms with Crippen LogP contribution in [0, 0.1) is 6.92 Å². The molecule has 0 radical (unpaired) electrons. The summed E-state index contributed by atoms with van der Waals surface area (Å²) in [6.45, 7) is 2.77. The topological polar surface area (TPSA) is 53.5 Å². The van der Waals surface area contributed by atoms with E-state index in [1.165, 1.54) is 11.8 Å². The maximum Gasteiger partial charge on any atom is 0.240 e. The second-order valence-corrected chi connectivity index (χ2v) is 6.20. The number of aryl methyl sites for hydroxylation is 1. The summed E-state index contributed by atoms with van der Waals surface area (Å²) >= 11 is 11.8. The van der Waals surface area contributed by atoms with Crippen LogP contribution in [0.2, 0.25) is 10.0 Å². The van der Waals surface area contributed by atoms with E-state index in [1.807, 2.05) is 31.2 Å². The highest BCUT2D eigenvalue weighted by molar-refractivity contribution is 6.36. The van der Waals surface area contributed by atoms with Crippen molar-refractivity contribution in [2.24, 2.45) is 5.10 Å². The smallest absolute Gasteiger partial charge is 0.240 e. The number of nitrogens with one attached hydrogen (secondary N) is 2. The summed E-state index contributed by atoms with van der Waals surface area (Å²) < 4.78 is 0. The highest BCUT2D eigenvalue weighted by Gasteiger charge is 2.01. The highest BCUT2D eigenvalue weighted by atomic mass is 35.5. The van der Waals surface area contributed by atoms with Gasteiger partial charge in [-0.1, -0.05) is 47.0 Å². The van der Waals surface area contributed by atoms with Gasteiger partial charge < -0.3 is 5.32 Å². The van der Waals surface area contributed by atoms with E-state index in [-0.39, 0.29) is 5.91 Å². The van der Waals surface area contributed by atoms with Gasteiger partial charge in [0.15, 0.2) is 0 Å². The number of carbonyl (C=O) groups excluding carboxylic acids is 1. The average molecular weight is 364 g/mol. The van der Waals surface area contributed by atoms with Crippen LogP contribution in [0.4, 0.5) is 5.69 Å². The first-order valence-corrected chi connectivity index (χ1v) is 8.38. The van der Waals surface area contributed by atoms with Crippen molar-refractivity contribution < 1.29 is 4.79 Å². The molecule has 126 valence electrons. The molecule has 0 saturated heterocycles. The number of amides is 1. The number of hydrogen-bond acceptors (Lipinski definition) is 3. The van der Waals surface area contributed by atoms with Crippen LogP contribution < -0.4 is 10.7 Å². The van der Waals surface area contributed by atoms with Crippen LogP contribution in [-0.2, 0) is 4.79 Å². The number of halogens is 2. The zero-order valence-electron chi connectivity index (χ0n) is 13.4. The van der Waals surface area contributed by atoms with Crippen LogP contribution in [-0.4, -0.2) is 18.7 Å². The number of rotatable bonds is 7. The monoisotopic (exact) mass is 363 g/mol. The van der Waals surface area contributed by atoms with Gasteiger partial charge in [-0.3, -0.25) is 4.79 Å². The summed E-state index contributed by atoms with van der Waals surface area (Å²) in [6, 6.07) is 13.2. The van der Waals surface area contributed by atoms with Crippen molar-refractivity contribution in [1.29, 1.82) is 0 Å². The maximum atomic E-state index is 11.7. The second kappa shape index (κ2) is 9.30. The molecule has 0 aliphatic rings. The number of benzene rings is 2. The van der Waals surface area contributed by atoms with Gasteiger partial charge in [0.2, 0.25) is 5.91 Å².